The third-order valence-electron chi connectivity index (χ3n) is 5.68. The Morgan fingerprint density at radius 2 is 1.88 bits per heavy atom. The first kappa shape index (κ1) is 24.1. The van der Waals surface area contributed by atoms with E-state index in [2.05, 4.69) is 39.9 Å². The van der Waals surface area contributed by atoms with Crippen molar-refractivity contribution in [2.45, 2.75) is 45.0 Å². The van der Waals surface area contributed by atoms with E-state index in [0.717, 1.165) is 17.0 Å². The molecule has 1 saturated carbocycles. The van der Waals surface area contributed by atoms with E-state index in [-0.39, 0.29) is 19.1 Å². The maximum atomic E-state index is 13.3. The van der Waals surface area contributed by atoms with Crippen molar-refractivity contribution < 1.29 is 23.4 Å². The molecule has 0 spiro atoms. The van der Waals surface area contributed by atoms with Gasteiger partial charge in [0.05, 0.1) is 20.1 Å². The molecule has 182 valence electrons. The zero-order chi connectivity index (χ0) is 24.5. The monoisotopic (exact) mass is 487 g/mol. The summed E-state index contributed by atoms with van der Waals surface area (Å²) in [6.45, 7) is 7.81. The van der Waals surface area contributed by atoms with Crippen molar-refractivity contribution in [3.8, 4) is 22.9 Å². The zero-order valence-corrected chi connectivity index (χ0v) is 21.1. The highest BCUT2D eigenvalue weighted by Crippen LogP contribution is 2.40. The molecule has 0 saturated heterocycles. The Labute approximate surface area is 198 Å². The molecule has 0 unspecified atom stereocenters. The summed E-state index contributed by atoms with van der Waals surface area (Å²) < 4.78 is 32.1. The molecule has 3 heterocycles. The molecular weight excluding hydrogens is 457 g/mol. The van der Waals surface area contributed by atoms with Crippen LogP contribution in [0.4, 0.5) is 10.2 Å². The van der Waals surface area contributed by atoms with Crippen LogP contribution >= 0.6 is 0 Å². The third-order valence-corrected chi connectivity index (χ3v) is 7.39. The highest BCUT2D eigenvalue weighted by Gasteiger charge is 2.43. The van der Waals surface area contributed by atoms with Crippen LogP contribution < -0.4 is 14.8 Å². The van der Waals surface area contributed by atoms with E-state index >= 15 is 0 Å². The molecule has 4 rings (SSSR count). The second kappa shape index (κ2) is 9.67. The molecule has 1 N–H and O–H groups in total. The maximum Gasteiger partial charge on any atom is 0.231 e. The van der Waals surface area contributed by atoms with Gasteiger partial charge in [-0.2, -0.15) is 0 Å². The van der Waals surface area contributed by atoms with Crippen molar-refractivity contribution in [3.05, 3.63) is 24.7 Å². The molecule has 3 aromatic rings. The Balaban J connectivity index is 1.72. The highest BCUT2D eigenvalue weighted by molar-refractivity contribution is 6.76. The Morgan fingerprint density at radius 1 is 1.21 bits per heavy atom. The Morgan fingerprint density at radius 3 is 2.47 bits per heavy atom. The van der Waals surface area contributed by atoms with Gasteiger partial charge in [0.2, 0.25) is 17.7 Å². The average molecular weight is 488 g/mol. The van der Waals surface area contributed by atoms with Crippen LogP contribution in [-0.4, -0.2) is 60.5 Å². The molecule has 11 heteroatoms. The predicted octanol–water partition coefficient (Wildman–Crippen LogP) is 4.12. The number of pyridine rings is 1. The molecule has 1 fully saturated rings. The Hall–Kier alpha value is -3.05. The molecule has 2 atom stereocenters. The summed E-state index contributed by atoms with van der Waals surface area (Å²) in [6, 6.07) is 4.57. The summed E-state index contributed by atoms with van der Waals surface area (Å²) in [5.41, 5.74) is 1.95. The lowest BCUT2D eigenvalue weighted by molar-refractivity contribution is -0.117. The van der Waals surface area contributed by atoms with Crippen LogP contribution in [0.1, 0.15) is 6.42 Å². The number of hydrogen-bond donors (Lipinski definition) is 1. The Bertz CT molecular complexity index is 1170. The number of carbonyl (C=O) groups excluding carboxylic acids is 1. The van der Waals surface area contributed by atoms with Crippen LogP contribution in [0.25, 0.3) is 22.2 Å². The fourth-order valence-corrected chi connectivity index (χ4v) is 4.38. The maximum absolute atomic E-state index is 13.3. The van der Waals surface area contributed by atoms with Crippen LogP contribution in [-0.2, 0) is 16.3 Å². The second-order valence-corrected chi connectivity index (χ2v) is 15.2. The number of fused-ring (bicyclic) bond motifs is 1. The smallest absolute Gasteiger partial charge is 0.231 e. The van der Waals surface area contributed by atoms with E-state index in [1.807, 2.05) is 16.8 Å². The quantitative estimate of drug-likeness (QED) is 0.339. The minimum absolute atomic E-state index is 0.257. The van der Waals surface area contributed by atoms with Crippen LogP contribution in [0.3, 0.4) is 0 Å². The van der Waals surface area contributed by atoms with Gasteiger partial charge in [0.15, 0.2) is 0 Å². The number of nitrogens with zero attached hydrogens (tertiary/aromatic N) is 4. The Kier molecular flexibility index (Phi) is 6.85. The number of nitrogens with one attached hydrogen (secondary N) is 1. The van der Waals surface area contributed by atoms with Crippen molar-refractivity contribution in [1.82, 2.24) is 19.5 Å². The van der Waals surface area contributed by atoms with Gasteiger partial charge >= 0.3 is 0 Å². The van der Waals surface area contributed by atoms with Crippen molar-refractivity contribution >= 4 is 30.8 Å². The van der Waals surface area contributed by atoms with Gasteiger partial charge in [-0.15, -0.1) is 0 Å². The minimum atomic E-state index is -1.24. The number of methoxy groups -OCH3 is 2. The first-order valence-corrected chi connectivity index (χ1v) is 14.9. The van der Waals surface area contributed by atoms with Gasteiger partial charge in [0.25, 0.3) is 0 Å². The molecule has 3 aromatic heterocycles. The van der Waals surface area contributed by atoms with Crippen molar-refractivity contribution in [1.29, 1.82) is 0 Å². The predicted molar refractivity (Wildman–Crippen MR) is 130 cm³/mol. The van der Waals surface area contributed by atoms with Crippen LogP contribution in [0.2, 0.25) is 25.7 Å². The number of rotatable bonds is 10. The molecule has 1 amide bonds. The van der Waals surface area contributed by atoms with Gasteiger partial charge < -0.3 is 24.1 Å². The molecule has 0 bridgehead atoms. The van der Waals surface area contributed by atoms with Crippen LogP contribution in [0.15, 0.2) is 24.7 Å². The van der Waals surface area contributed by atoms with E-state index in [1.54, 1.807) is 6.07 Å². The SMILES string of the molecule is COc1ncnc(OC)c1-c1cn(COCC[Si](C)(C)C)c2nc(NC(=O)[C@@H]3C[C@@H]3F)ccc12. The molecule has 0 aromatic carbocycles. The minimum Gasteiger partial charge on any atom is -0.480 e. The van der Waals surface area contributed by atoms with Gasteiger partial charge in [-0.25, -0.2) is 19.3 Å². The standard InChI is InChI=1S/C23H30FN5O4Si/c1-31-22-19(23(32-2)26-12-25-22)16-11-29(13-33-8-9-34(3,4)5)20-14(16)6-7-18(27-20)28-21(30)15-10-17(15)24/h6-7,11-12,15,17H,8-10,13H2,1-5H3,(H,27,28,30)/t15-,17+/m1/s1. The summed E-state index contributed by atoms with van der Waals surface area (Å²) >= 11 is 0. The summed E-state index contributed by atoms with van der Waals surface area (Å²) in [5.74, 6) is 0.132. The fourth-order valence-electron chi connectivity index (χ4n) is 3.62. The van der Waals surface area contributed by atoms with Crippen LogP contribution in [0, 0.1) is 5.92 Å². The van der Waals surface area contributed by atoms with Gasteiger partial charge in [-0.1, -0.05) is 19.6 Å². The zero-order valence-electron chi connectivity index (χ0n) is 20.1. The van der Waals surface area contributed by atoms with Crippen LogP contribution in [0.5, 0.6) is 11.8 Å². The van der Waals surface area contributed by atoms with Gasteiger partial charge in [-0.05, 0) is 24.6 Å². The first-order chi connectivity index (χ1) is 16.2. The highest BCUT2D eigenvalue weighted by atomic mass is 28.3. The molecule has 0 radical (unpaired) electrons. The number of halogens is 1. The molecular formula is C23H30FN5O4Si. The second-order valence-electron chi connectivity index (χ2n) is 9.54. The van der Waals surface area contributed by atoms with E-state index in [4.69, 9.17) is 14.2 Å². The number of hydrogen-bond acceptors (Lipinski definition) is 7. The fraction of sp³-hybridized carbons (Fsp3) is 0.478. The summed E-state index contributed by atoms with van der Waals surface area (Å²) in [7, 11) is 1.83. The third kappa shape index (κ3) is 5.20. The number of ether oxygens (including phenoxy) is 3. The first-order valence-electron chi connectivity index (χ1n) is 11.2. The largest absolute Gasteiger partial charge is 0.480 e. The van der Waals surface area contributed by atoms with E-state index < -0.39 is 20.2 Å². The number of alkyl halides is 1. The number of anilines is 1. The van der Waals surface area contributed by atoms with Crippen molar-refractivity contribution in [3.63, 3.8) is 0 Å². The van der Waals surface area contributed by atoms with Gasteiger partial charge in [0.1, 0.15) is 36.3 Å². The lowest BCUT2D eigenvalue weighted by atomic mass is 10.1. The van der Waals surface area contributed by atoms with E-state index in [0.29, 0.717) is 35.4 Å². The van der Waals surface area contributed by atoms with Gasteiger partial charge in [-0.3, -0.25) is 4.79 Å². The molecule has 1 aliphatic rings. The molecule has 1 aliphatic carbocycles. The topological polar surface area (TPSA) is 100 Å². The summed E-state index contributed by atoms with van der Waals surface area (Å²) in [6.07, 6.45) is 2.45. The number of aromatic nitrogens is 4. The lowest BCUT2D eigenvalue weighted by Crippen LogP contribution is -2.22. The number of carbonyl (C=O) groups is 1. The normalized spacial score (nSPS) is 17.6. The molecule has 9 nitrogen and oxygen atoms in total. The van der Waals surface area contributed by atoms with E-state index in [1.165, 1.54) is 20.5 Å². The van der Waals surface area contributed by atoms with Crippen molar-refractivity contribution in [2.24, 2.45) is 5.92 Å². The average Bonchev–Trinajstić information content (AvgIpc) is 3.44. The van der Waals surface area contributed by atoms with Gasteiger partial charge in [0, 0.05) is 31.8 Å². The lowest BCUT2D eigenvalue weighted by Gasteiger charge is -2.15. The molecule has 34 heavy (non-hydrogen) atoms. The molecule has 0 aliphatic heterocycles. The van der Waals surface area contributed by atoms with Crippen molar-refractivity contribution in [2.75, 3.05) is 26.1 Å². The van der Waals surface area contributed by atoms with E-state index in [9.17, 15) is 9.18 Å². The number of amides is 1. The summed E-state index contributed by atoms with van der Waals surface area (Å²) in [5, 5.41) is 3.51. The summed E-state index contributed by atoms with van der Waals surface area (Å²) in [4.78, 5) is 25.3.